The predicted molar refractivity (Wildman–Crippen MR) is 96.9 cm³/mol. The first-order valence-electron chi connectivity index (χ1n) is 7.58. The van der Waals surface area contributed by atoms with E-state index < -0.39 is 11.8 Å². The molecule has 2 amide bonds. The molecular formula is C18H19N3O5. The van der Waals surface area contributed by atoms with Gasteiger partial charge in [-0.05, 0) is 29.8 Å². The van der Waals surface area contributed by atoms with Crippen LogP contribution in [-0.2, 0) is 9.59 Å². The lowest BCUT2D eigenvalue weighted by Crippen LogP contribution is -2.32. The summed E-state index contributed by atoms with van der Waals surface area (Å²) in [4.78, 5) is 23.9. The number of hydrazone groups is 1. The van der Waals surface area contributed by atoms with Crippen LogP contribution in [-0.4, -0.2) is 39.4 Å². The Labute approximate surface area is 150 Å². The number of carbonyl (C=O) groups is 2. The lowest BCUT2D eigenvalue weighted by molar-refractivity contribution is -0.136. The topological polar surface area (TPSA) is 98.2 Å². The second-order valence-electron chi connectivity index (χ2n) is 5.00. The average Bonchev–Trinajstić information content (AvgIpc) is 2.67. The van der Waals surface area contributed by atoms with Crippen molar-refractivity contribution >= 4 is 23.7 Å². The van der Waals surface area contributed by atoms with Gasteiger partial charge < -0.3 is 19.5 Å². The highest BCUT2D eigenvalue weighted by Gasteiger charge is 2.16. The number of benzene rings is 2. The summed E-state index contributed by atoms with van der Waals surface area (Å²) in [6.45, 7) is 0. The van der Waals surface area contributed by atoms with E-state index in [4.69, 9.17) is 14.2 Å². The van der Waals surface area contributed by atoms with Gasteiger partial charge in [0.2, 0.25) is 0 Å². The molecule has 0 aliphatic carbocycles. The van der Waals surface area contributed by atoms with Gasteiger partial charge in [0.15, 0.2) is 0 Å². The van der Waals surface area contributed by atoms with E-state index >= 15 is 0 Å². The first-order chi connectivity index (χ1) is 12.6. The van der Waals surface area contributed by atoms with E-state index in [1.807, 2.05) is 0 Å². The minimum absolute atomic E-state index is 0.309. The van der Waals surface area contributed by atoms with Crippen LogP contribution in [0.3, 0.4) is 0 Å². The Morgan fingerprint density at radius 1 is 0.923 bits per heavy atom. The Morgan fingerprint density at radius 2 is 1.65 bits per heavy atom. The smallest absolute Gasteiger partial charge is 0.329 e. The van der Waals surface area contributed by atoms with Crippen LogP contribution >= 0.6 is 0 Å². The maximum atomic E-state index is 12.0. The fraction of sp³-hybridized carbons (Fsp3) is 0.167. The van der Waals surface area contributed by atoms with E-state index in [2.05, 4.69) is 15.8 Å². The van der Waals surface area contributed by atoms with Crippen LogP contribution in [0.1, 0.15) is 5.56 Å². The van der Waals surface area contributed by atoms with E-state index in [1.54, 1.807) is 49.6 Å². The highest BCUT2D eigenvalue weighted by molar-refractivity contribution is 6.39. The van der Waals surface area contributed by atoms with Gasteiger partial charge in [-0.3, -0.25) is 9.59 Å². The van der Waals surface area contributed by atoms with Crippen molar-refractivity contribution in [3.05, 3.63) is 48.0 Å². The minimum Gasteiger partial charge on any atom is -0.497 e. The second kappa shape index (κ2) is 9.07. The number of nitrogens with one attached hydrogen (secondary N) is 2. The molecule has 0 heterocycles. The van der Waals surface area contributed by atoms with Gasteiger partial charge in [-0.25, -0.2) is 5.43 Å². The summed E-state index contributed by atoms with van der Waals surface area (Å²) in [5.74, 6) is -0.249. The van der Waals surface area contributed by atoms with Gasteiger partial charge in [-0.1, -0.05) is 12.1 Å². The third kappa shape index (κ3) is 4.97. The Bertz CT molecular complexity index is 820. The van der Waals surface area contributed by atoms with Gasteiger partial charge in [0.1, 0.15) is 17.2 Å². The lowest BCUT2D eigenvalue weighted by Gasteiger charge is -2.11. The first kappa shape index (κ1) is 18.8. The lowest BCUT2D eigenvalue weighted by atomic mass is 10.2. The summed E-state index contributed by atoms with van der Waals surface area (Å²) in [5.41, 5.74) is 3.18. The van der Waals surface area contributed by atoms with Crippen LogP contribution in [0.25, 0.3) is 0 Å². The summed E-state index contributed by atoms with van der Waals surface area (Å²) in [5, 5.41) is 6.21. The fourth-order valence-electron chi connectivity index (χ4n) is 2.03. The third-order valence-corrected chi connectivity index (χ3v) is 3.33. The van der Waals surface area contributed by atoms with Crippen LogP contribution in [0, 0.1) is 0 Å². The third-order valence-electron chi connectivity index (χ3n) is 3.33. The highest BCUT2D eigenvalue weighted by atomic mass is 16.5. The van der Waals surface area contributed by atoms with Gasteiger partial charge in [-0.2, -0.15) is 5.10 Å². The van der Waals surface area contributed by atoms with Gasteiger partial charge >= 0.3 is 11.8 Å². The highest BCUT2D eigenvalue weighted by Crippen LogP contribution is 2.28. The summed E-state index contributed by atoms with van der Waals surface area (Å²) in [6, 6.07) is 11.9. The zero-order valence-electron chi connectivity index (χ0n) is 14.6. The zero-order chi connectivity index (χ0) is 18.9. The maximum Gasteiger partial charge on any atom is 0.329 e. The largest absolute Gasteiger partial charge is 0.497 e. The zero-order valence-corrected chi connectivity index (χ0v) is 14.6. The van der Waals surface area contributed by atoms with Crippen molar-refractivity contribution in [1.29, 1.82) is 0 Å². The van der Waals surface area contributed by atoms with Crippen molar-refractivity contribution in [2.24, 2.45) is 5.10 Å². The predicted octanol–water partition coefficient (Wildman–Crippen LogP) is 1.80. The summed E-state index contributed by atoms with van der Waals surface area (Å²) < 4.78 is 15.3. The number of rotatable bonds is 6. The van der Waals surface area contributed by atoms with Gasteiger partial charge in [0.25, 0.3) is 0 Å². The molecule has 8 nitrogen and oxygen atoms in total. The van der Waals surface area contributed by atoms with Crippen LogP contribution in [0.4, 0.5) is 5.69 Å². The maximum absolute atomic E-state index is 12.0. The molecule has 0 bridgehead atoms. The van der Waals surface area contributed by atoms with Gasteiger partial charge in [0.05, 0.1) is 33.2 Å². The van der Waals surface area contributed by atoms with Crippen molar-refractivity contribution in [2.75, 3.05) is 26.6 Å². The molecule has 0 unspecified atom stereocenters. The van der Waals surface area contributed by atoms with Crippen LogP contribution in [0.2, 0.25) is 0 Å². The van der Waals surface area contributed by atoms with Crippen molar-refractivity contribution < 1.29 is 23.8 Å². The normalized spacial score (nSPS) is 10.3. The number of hydrogen-bond acceptors (Lipinski definition) is 6. The van der Waals surface area contributed by atoms with Gasteiger partial charge in [-0.15, -0.1) is 0 Å². The summed E-state index contributed by atoms with van der Waals surface area (Å²) in [7, 11) is 4.50. The molecule has 0 aromatic heterocycles. The molecule has 0 saturated heterocycles. The Morgan fingerprint density at radius 3 is 2.35 bits per heavy atom. The Balaban J connectivity index is 1.99. The summed E-state index contributed by atoms with van der Waals surface area (Å²) >= 11 is 0. The number of methoxy groups -OCH3 is 3. The second-order valence-corrected chi connectivity index (χ2v) is 5.00. The molecule has 0 fully saturated rings. The van der Waals surface area contributed by atoms with Crippen molar-refractivity contribution in [1.82, 2.24) is 5.43 Å². The van der Waals surface area contributed by atoms with E-state index in [0.29, 0.717) is 28.5 Å². The molecule has 2 N–H and O–H groups in total. The standard InChI is InChI=1S/C18H19N3O5/c1-24-13-6-4-5-12(9-13)11-19-21-18(23)17(22)20-15-10-14(25-2)7-8-16(15)26-3/h4-11H,1-3H3,(H,20,22)(H,21,23)/b19-11-. The molecule has 0 aliphatic heterocycles. The summed E-state index contributed by atoms with van der Waals surface area (Å²) in [6.07, 6.45) is 1.40. The van der Waals surface area contributed by atoms with Crippen LogP contribution in [0.5, 0.6) is 17.2 Å². The monoisotopic (exact) mass is 357 g/mol. The Hall–Kier alpha value is -3.55. The van der Waals surface area contributed by atoms with Crippen LogP contribution < -0.4 is 25.0 Å². The SMILES string of the molecule is COc1cccc(/C=N\NC(=O)C(=O)Nc2cc(OC)ccc2OC)c1. The van der Waals surface area contributed by atoms with E-state index in [1.165, 1.54) is 20.4 Å². The molecule has 26 heavy (non-hydrogen) atoms. The van der Waals surface area contributed by atoms with E-state index in [-0.39, 0.29) is 0 Å². The van der Waals surface area contributed by atoms with Crippen molar-refractivity contribution in [2.45, 2.75) is 0 Å². The quantitative estimate of drug-likeness (QED) is 0.467. The number of amides is 2. The van der Waals surface area contributed by atoms with Crippen molar-refractivity contribution in [3.63, 3.8) is 0 Å². The number of ether oxygens (including phenoxy) is 3. The number of anilines is 1. The molecule has 136 valence electrons. The fourth-order valence-corrected chi connectivity index (χ4v) is 2.03. The molecule has 0 spiro atoms. The van der Waals surface area contributed by atoms with E-state index in [0.717, 1.165) is 0 Å². The van der Waals surface area contributed by atoms with Crippen LogP contribution in [0.15, 0.2) is 47.6 Å². The molecule has 8 heteroatoms. The number of hydrogen-bond donors (Lipinski definition) is 2. The Kier molecular flexibility index (Phi) is 6.55. The molecule has 0 aliphatic rings. The van der Waals surface area contributed by atoms with E-state index in [9.17, 15) is 9.59 Å². The number of nitrogens with zero attached hydrogens (tertiary/aromatic N) is 1. The first-order valence-corrected chi connectivity index (χ1v) is 7.58. The molecule has 2 rings (SSSR count). The molecule has 2 aromatic rings. The molecule has 2 aromatic carbocycles. The molecule has 0 atom stereocenters. The molecular weight excluding hydrogens is 338 g/mol. The van der Waals surface area contributed by atoms with Crippen molar-refractivity contribution in [3.8, 4) is 17.2 Å². The number of carbonyl (C=O) groups excluding carboxylic acids is 2. The minimum atomic E-state index is -0.922. The van der Waals surface area contributed by atoms with Gasteiger partial charge in [0, 0.05) is 6.07 Å². The molecule has 0 saturated carbocycles. The average molecular weight is 357 g/mol. The molecule has 0 radical (unpaired) electrons.